The first-order chi connectivity index (χ1) is 9.55. The van der Waals surface area contributed by atoms with E-state index in [1.54, 1.807) is 7.11 Å². The molecular weight excluding hydrogens is 337 g/mol. The van der Waals surface area contributed by atoms with Crippen LogP contribution in [-0.4, -0.2) is 14.2 Å². The first-order valence-corrected chi connectivity index (χ1v) is 7.94. The van der Waals surface area contributed by atoms with Crippen molar-refractivity contribution in [2.24, 2.45) is 0 Å². The quantitative estimate of drug-likeness (QED) is 0.798. The highest BCUT2D eigenvalue weighted by Gasteiger charge is 2.18. The molecule has 0 amide bonds. The van der Waals surface area contributed by atoms with Crippen LogP contribution in [0.4, 0.5) is 0 Å². The molecule has 2 aromatic rings. The van der Waals surface area contributed by atoms with Crippen LogP contribution in [0.5, 0.6) is 5.75 Å². The van der Waals surface area contributed by atoms with Crippen LogP contribution in [0.2, 0.25) is 13.7 Å². The molecule has 0 saturated heterocycles. The number of likely N-dealkylation sites (N-methyl/N-ethyl adjacent to an activating group) is 1. The molecule has 0 aliphatic carbocycles. The van der Waals surface area contributed by atoms with Crippen molar-refractivity contribution in [2.45, 2.75) is 12.5 Å². The molecular formula is C14H14Cl3NOS. The van der Waals surface area contributed by atoms with E-state index in [1.165, 1.54) is 11.3 Å². The van der Waals surface area contributed by atoms with E-state index in [2.05, 4.69) is 5.32 Å². The summed E-state index contributed by atoms with van der Waals surface area (Å²) in [6.07, 6.45) is 0.715. The Morgan fingerprint density at radius 2 is 2.00 bits per heavy atom. The molecule has 0 aliphatic heterocycles. The van der Waals surface area contributed by atoms with Crippen molar-refractivity contribution in [3.63, 3.8) is 0 Å². The number of thiophene rings is 1. The molecule has 0 radical (unpaired) electrons. The number of nitrogens with one attached hydrogen (secondary N) is 1. The first-order valence-electron chi connectivity index (χ1n) is 5.99. The highest BCUT2D eigenvalue weighted by atomic mass is 35.5. The monoisotopic (exact) mass is 349 g/mol. The second kappa shape index (κ2) is 7.01. The van der Waals surface area contributed by atoms with E-state index in [0.29, 0.717) is 20.1 Å². The van der Waals surface area contributed by atoms with Crippen LogP contribution in [0, 0.1) is 0 Å². The van der Waals surface area contributed by atoms with Crippen LogP contribution in [0.3, 0.4) is 0 Å². The van der Waals surface area contributed by atoms with Crippen molar-refractivity contribution < 1.29 is 4.74 Å². The second-order valence-electron chi connectivity index (χ2n) is 4.28. The van der Waals surface area contributed by atoms with Crippen molar-refractivity contribution in [1.29, 1.82) is 0 Å². The maximum absolute atomic E-state index is 6.23. The van der Waals surface area contributed by atoms with E-state index in [9.17, 15) is 0 Å². The van der Waals surface area contributed by atoms with Gasteiger partial charge in [0.1, 0.15) is 5.75 Å². The number of methoxy groups -OCH3 is 1. The number of halogens is 3. The van der Waals surface area contributed by atoms with E-state index in [0.717, 1.165) is 16.9 Å². The summed E-state index contributed by atoms with van der Waals surface area (Å²) in [7, 11) is 3.54. The second-order valence-corrected chi connectivity index (χ2v) is 7.00. The summed E-state index contributed by atoms with van der Waals surface area (Å²) in [4.78, 5) is 0. The number of benzene rings is 1. The Kier molecular flexibility index (Phi) is 5.58. The fourth-order valence-corrected chi connectivity index (χ4v) is 3.86. The van der Waals surface area contributed by atoms with Gasteiger partial charge in [-0.05, 0) is 43.3 Å². The van der Waals surface area contributed by atoms with Gasteiger partial charge in [-0.25, -0.2) is 0 Å². The Bertz CT molecular complexity index is 600. The lowest BCUT2D eigenvalue weighted by Crippen LogP contribution is -2.18. The molecule has 0 aliphatic rings. The lowest BCUT2D eigenvalue weighted by Gasteiger charge is -2.18. The lowest BCUT2D eigenvalue weighted by atomic mass is 10.0. The third-order valence-electron chi connectivity index (χ3n) is 3.07. The van der Waals surface area contributed by atoms with Crippen LogP contribution in [0.1, 0.15) is 17.2 Å². The molecule has 2 nitrogen and oxygen atoms in total. The number of hydrogen-bond acceptors (Lipinski definition) is 3. The molecule has 0 fully saturated rings. The molecule has 1 N–H and O–H groups in total. The molecule has 1 heterocycles. The summed E-state index contributed by atoms with van der Waals surface area (Å²) < 4.78 is 6.76. The number of rotatable bonds is 5. The smallest absolute Gasteiger partial charge is 0.122 e. The summed E-state index contributed by atoms with van der Waals surface area (Å²) in [5, 5.41) is 3.94. The van der Waals surface area contributed by atoms with E-state index >= 15 is 0 Å². The summed E-state index contributed by atoms with van der Waals surface area (Å²) in [6, 6.07) is 7.54. The van der Waals surface area contributed by atoms with Gasteiger partial charge < -0.3 is 10.1 Å². The molecule has 2 rings (SSSR count). The first kappa shape index (κ1) is 15.9. The van der Waals surface area contributed by atoms with Gasteiger partial charge in [0.25, 0.3) is 0 Å². The molecule has 6 heteroatoms. The maximum atomic E-state index is 6.23. The summed E-state index contributed by atoms with van der Waals surface area (Å²) in [5.41, 5.74) is 2.02. The van der Waals surface area contributed by atoms with Crippen LogP contribution < -0.4 is 10.1 Å². The average Bonchev–Trinajstić information content (AvgIpc) is 2.75. The van der Waals surface area contributed by atoms with Gasteiger partial charge in [-0.15, -0.1) is 11.3 Å². The van der Waals surface area contributed by atoms with Gasteiger partial charge in [0.05, 0.1) is 15.8 Å². The molecule has 20 heavy (non-hydrogen) atoms. The fourth-order valence-electron chi connectivity index (χ4n) is 2.08. The van der Waals surface area contributed by atoms with Crippen molar-refractivity contribution in [3.8, 4) is 5.75 Å². The molecule has 0 saturated carbocycles. The minimum atomic E-state index is 0.0543. The van der Waals surface area contributed by atoms with Crippen molar-refractivity contribution >= 4 is 46.1 Å². The summed E-state index contributed by atoms with van der Waals surface area (Å²) in [5.74, 6) is 0.812. The SMILES string of the molecule is CNC(Cc1cc(Cl)ccc1OC)c1cc(Cl)sc1Cl. The van der Waals surface area contributed by atoms with Crippen LogP contribution in [0.25, 0.3) is 0 Å². The average molecular weight is 351 g/mol. The van der Waals surface area contributed by atoms with Crippen molar-refractivity contribution in [1.82, 2.24) is 5.32 Å². The molecule has 1 unspecified atom stereocenters. The lowest BCUT2D eigenvalue weighted by molar-refractivity contribution is 0.406. The predicted octanol–water partition coefficient (Wildman–Crippen LogP) is 5.22. The largest absolute Gasteiger partial charge is 0.496 e. The number of hydrogen-bond donors (Lipinski definition) is 1. The van der Waals surface area contributed by atoms with Gasteiger partial charge in [-0.2, -0.15) is 0 Å². The van der Waals surface area contributed by atoms with Gasteiger partial charge in [-0.1, -0.05) is 34.8 Å². The van der Waals surface area contributed by atoms with Crippen LogP contribution in [0.15, 0.2) is 24.3 Å². The van der Waals surface area contributed by atoms with Crippen molar-refractivity contribution in [3.05, 3.63) is 49.1 Å². The van der Waals surface area contributed by atoms with Gasteiger partial charge >= 0.3 is 0 Å². The summed E-state index contributed by atoms with van der Waals surface area (Å²) in [6.45, 7) is 0. The molecule has 1 aromatic carbocycles. The van der Waals surface area contributed by atoms with Gasteiger partial charge in [0.15, 0.2) is 0 Å². The Hall–Kier alpha value is -0.450. The Balaban J connectivity index is 2.31. The Morgan fingerprint density at radius 1 is 1.25 bits per heavy atom. The topological polar surface area (TPSA) is 21.3 Å². The molecule has 108 valence electrons. The van der Waals surface area contributed by atoms with Gasteiger partial charge in [0.2, 0.25) is 0 Å². The zero-order chi connectivity index (χ0) is 14.7. The molecule has 0 bridgehead atoms. The highest BCUT2D eigenvalue weighted by Crippen LogP contribution is 2.37. The van der Waals surface area contributed by atoms with E-state index in [1.807, 2.05) is 31.3 Å². The van der Waals surface area contributed by atoms with Crippen molar-refractivity contribution in [2.75, 3.05) is 14.2 Å². The summed E-state index contributed by atoms with van der Waals surface area (Å²) >= 11 is 19.7. The third-order valence-corrected chi connectivity index (χ3v) is 4.83. The molecule has 0 spiro atoms. The Labute approximate surface area is 137 Å². The molecule has 1 atom stereocenters. The van der Waals surface area contributed by atoms with Crippen LogP contribution in [-0.2, 0) is 6.42 Å². The number of ether oxygens (including phenoxy) is 1. The normalized spacial score (nSPS) is 12.4. The molecule has 1 aromatic heterocycles. The fraction of sp³-hybridized carbons (Fsp3) is 0.286. The maximum Gasteiger partial charge on any atom is 0.122 e. The standard InChI is InChI=1S/C14H14Cl3NOS/c1-18-11(10-7-13(16)20-14(10)17)6-8-5-9(15)3-4-12(8)19-2/h3-5,7,11,18H,6H2,1-2H3. The highest BCUT2D eigenvalue weighted by molar-refractivity contribution is 7.20. The van der Waals surface area contributed by atoms with E-state index in [4.69, 9.17) is 39.5 Å². The van der Waals surface area contributed by atoms with Gasteiger partial charge in [0, 0.05) is 16.6 Å². The third kappa shape index (κ3) is 3.60. The Morgan fingerprint density at radius 3 is 2.55 bits per heavy atom. The predicted molar refractivity (Wildman–Crippen MR) is 87.8 cm³/mol. The minimum Gasteiger partial charge on any atom is -0.496 e. The van der Waals surface area contributed by atoms with Crippen LogP contribution >= 0.6 is 46.1 Å². The van der Waals surface area contributed by atoms with Gasteiger partial charge in [-0.3, -0.25) is 0 Å². The van der Waals surface area contributed by atoms with E-state index < -0.39 is 0 Å². The zero-order valence-corrected chi connectivity index (χ0v) is 14.1. The minimum absolute atomic E-state index is 0.0543. The van der Waals surface area contributed by atoms with E-state index in [-0.39, 0.29) is 6.04 Å². The zero-order valence-electron chi connectivity index (χ0n) is 11.0.